The highest BCUT2D eigenvalue weighted by Gasteiger charge is 2.15. The summed E-state index contributed by atoms with van der Waals surface area (Å²) in [6, 6.07) is 15.2. The summed E-state index contributed by atoms with van der Waals surface area (Å²) < 4.78 is 11.6. The Balaban J connectivity index is 1.50. The Kier molecular flexibility index (Phi) is 6.08. The first-order valence-electron chi connectivity index (χ1n) is 10.4. The van der Waals surface area contributed by atoms with E-state index in [0.717, 1.165) is 28.0 Å². The van der Waals surface area contributed by atoms with Gasteiger partial charge in [0, 0.05) is 34.8 Å². The minimum absolute atomic E-state index is 0.257. The minimum Gasteiger partial charge on any atom is -0.469 e. The van der Waals surface area contributed by atoms with Crippen LogP contribution in [0.3, 0.4) is 0 Å². The minimum atomic E-state index is -0.419. The molecule has 0 aliphatic carbocycles. The van der Waals surface area contributed by atoms with Crippen LogP contribution in [0.4, 0.5) is 5.69 Å². The first-order chi connectivity index (χ1) is 15.9. The summed E-state index contributed by atoms with van der Waals surface area (Å²) in [6.07, 6.45) is 0.851. The van der Waals surface area contributed by atoms with Gasteiger partial charge in [0.05, 0.1) is 18.5 Å². The fraction of sp³-hybridized carbons (Fsp3) is 0.200. The third-order valence-electron chi connectivity index (χ3n) is 5.50. The number of hydrogen-bond acceptors (Lipinski definition) is 6. The monoisotopic (exact) mass is 445 g/mol. The van der Waals surface area contributed by atoms with Crippen LogP contribution < -0.4 is 10.9 Å². The lowest BCUT2D eigenvalue weighted by molar-refractivity contribution is -0.140. The van der Waals surface area contributed by atoms with Gasteiger partial charge < -0.3 is 14.5 Å². The molecular formula is C25H23N3O5. The number of aryl methyl sites for hydroxylation is 1. The van der Waals surface area contributed by atoms with Crippen LogP contribution in [0.2, 0.25) is 0 Å². The maximum atomic E-state index is 12.7. The van der Waals surface area contributed by atoms with Crippen LogP contribution in [0.15, 0.2) is 63.8 Å². The van der Waals surface area contributed by atoms with Gasteiger partial charge in [-0.25, -0.2) is 9.48 Å². The van der Waals surface area contributed by atoms with E-state index in [2.05, 4.69) is 10.4 Å². The number of ether oxygens (including phenoxy) is 1. The number of rotatable bonds is 6. The van der Waals surface area contributed by atoms with Crippen molar-refractivity contribution in [3.05, 3.63) is 87.5 Å². The molecule has 0 atom stereocenters. The molecule has 0 saturated carbocycles. The summed E-state index contributed by atoms with van der Waals surface area (Å²) in [7, 11) is 1.38. The SMILES string of the molecule is COC(=O)CCc1c(C)nn(-c2ccc(C(=O)Nc3ccc4oc(=O)ccc4c3)cc2)c1C. The number of nitrogens with one attached hydrogen (secondary N) is 1. The Morgan fingerprint density at radius 1 is 1.06 bits per heavy atom. The van der Waals surface area contributed by atoms with Crippen molar-refractivity contribution in [3.63, 3.8) is 0 Å². The second-order valence-corrected chi connectivity index (χ2v) is 7.65. The van der Waals surface area contributed by atoms with Crippen molar-refractivity contribution in [2.45, 2.75) is 26.7 Å². The Morgan fingerprint density at radius 3 is 2.55 bits per heavy atom. The number of aromatic nitrogens is 2. The Labute approximate surface area is 189 Å². The standard InChI is InChI=1S/C25H23N3O5/c1-15-21(10-13-23(29)32-3)16(2)28(27-15)20-8-4-17(5-9-20)25(31)26-19-7-11-22-18(14-19)6-12-24(30)33-22/h4-9,11-12,14H,10,13H2,1-3H3,(H,26,31). The summed E-state index contributed by atoms with van der Waals surface area (Å²) in [5.74, 6) is -0.515. The zero-order valence-corrected chi connectivity index (χ0v) is 18.5. The van der Waals surface area contributed by atoms with Gasteiger partial charge in [0.2, 0.25) is 0 Å². The Bertz CT molecular complexity index is 1400. The summed E-state index contributed by atoms with van der Waals surface area (Å²) in [5, 5.41) is 8.17. The fourth-order valence-electron chi connectivity index (χ4n) is 3.72. The lowest BCUT2D eigenvalue weighted by Gasteiger charge is -2.09. The molecule has 0 unspecified atom stereocenters. The van der Waals surface area contributed by atoms with E-state index >= 15 is 0 Å². The molecule has 33 heavy (non-hydrogen) atoms. The summed E-state index contributed by atoms with van der Waals surface area (Å²) in [5.41, 5.74) is 4.75. The van der Waals surface area contributed by atoms with E-state index in [1.165, 1.54) is 13.2 Å². The van der Waals surface area contributed by atoms with Crippen molar-refractivity contribution in [3.8, 4) is 5.69 Å². The van der Waals surface area contributed by atoms with Crippen LogP contribution in [0.5, 0.6) is 0 Å². The molecule has 1 amide bonds. The highest BCUT2D eigenvalue weighted by molar-refractivity contribution is 6.05. The van der Waals surface area contributed by atoms with Crippen LogP contribution in [0.1, 0.15) is 33.7 Å². The summed E-state index contributed by atoms with van der Waals surface area (Å²) >= 11 is 0. The Hall–Kier alpha value is -4.20. The van der Waals surface area contributed by atoms with Crippen LogP contribution in [-0.4, -0.2) is 28.8 Å². The van der Waals surface area contributed by atoms with E-state index in [1.807, 2.05) is 26.0 Å². The number of nitrogens with zero attached hydrogens (tertiary/aromatic N) is 2. The number of methoxy groups -OCH3 is 1. The third-order valence-corrected chi connectivity index (χ3v) is 5.50. The Morgan fingerprint density at radius 2 is 1.82 bits per heavy atom. The second kappa shape index (κ2) is 9.12. The number of fused-ring (bicyclic) bond motifs is 1. The molecule has 0 saturated heterocycles. The van der Waals surface area contributed by atoms with Crippen molar-refractivity contribution < 1.29 is 18.7 Å². The molecule has 0 radical (unpaired) electrons. The van der Waals surface area contributed by atoms with Crippen molar-refractivity contribution >= 4 is 28.5 Å². The van der Waals surface area contributed by atoms with Crippen LogP contribution in [0, 0.1) is 13.8 Å². The number of carbonyl (C=O) groups is 2. The summed E-state index contributed by atoms with van der Waals surface area (Å²) in [4.78, 5) is 35.5. The zero-order valence-electron chi connectivity index (χ0n) is 18.5. The first-order valence-corrected chi connectivity index (χ1v) is 10.4. The average Bonchev–Trinajstić information content (AvgIpc) is 3.10. The maximum absolute atomic E-state index is 12.7. The molecule has 1 N–H and O–H groups in total. The molecule has 8 heteroatoms. The molecule has 2 heterocycles. The van der Waals surface area contributed by atoms with Crippen LogP contribution in [-0.2, 0) is 16.0 Å². The molecule has 0 fully saturated rings. The van der Waals surface area contributed by atoms with Gasteiger partial charge >= 0.3 is 11.6 Å². The number of carbonyl (C=O) groups excluding carboxylic acids is 2. The topological polar surface area (TPSA) is 103 Å². The number of esters is 1. The zero-order chi connectivity index (χ0) is 23.5. The molecular weight excluding hydrogens is 422 g/mol. The molecule has 4 rings (SSSR count). The predicted molar refractivity (Wildman–Crippen MR) is 124 cm³/mol. The van der Waals surface area contributed by atoms with Gasteiger partial charge in [0.1, 0.15) is 5.58 Å². The summed E-state index contributed by atoms with van der Waals surface area (Å²) in [6.45, 7) is 3.86. The highest BCUT2D eigenvalue weighted by atomic mass is 16.5. The molecule has 2 aromatic heterocycles. The quantitative estimate of drug-likeness (QED) is 0.356. The number of amides is 1. The maximum Gasteiger partial charge on any atom is 0.336 e. The van der Waals surface area contributed by atoms with Gasteiger partial charge in [-0.3, -0.25) is 9.59 Å². The highest BCUT2D eigenvalue weighted by Crippen LogP contribution is 2.21. The smallest absolute Gasteiger partial charge is 0.336 e. The van der Waals surface area contributed by atoms with Gasteiger partial charge in [-0.05, 0) is 74.4 Å². The molecule has 0 bridgehead atoms. The molecule has 4 aromatic rings. The molecule has 0 aliphatic rings. The van der Waals surface area contributed by atoms with Gasteiger partial charge in [-0.2, -0.15) is 5.10 Å². The van der Waals surface area contributed by atoms with E-state index in [9.17, 15) is 14.4 Å². The van der Waals surface area contributed by atoms with Gasteiger partial charge in [-0.1, -0.05) is 0 Å². The van der Waals surface area contributed by atoms with E-state index in [0.29, 0.717) is 29.7 Å². The van der Waals surface area contributed by atoms with Crippen molar-refractivity contribution in [2.24, 2.45) is 0 Å². The normalized spacial score (nSPS) is 10.9. The van der Waals surface area contributed by atoms with E-state index in [4.69, 9.17) is 9.15 Å². The third kappa shape index (κ3) is 4.69. The van der Waals surface area contributed by atoms with Crippen molar-refractivity contribution in [1.29, 1.82) is 0 Å². The lowest BCUT2D eigenvalue weighted by Crippen LogP contribution is -2.12. The van der Waals surface area contributed by atoms with E-state index in [1.54, 1.807) is 41.1 Å². The fourth-order valence-corrected chi connectivity index (χ4v) is 3.72. The number of anilines is 1. The van der Waals surface area contributed by atoms with Crippen molar-refractivity contribution in [1.82, 2.24) is 9.78 Å². The largest absolute Gasteiger partial charge is 0.469 e. The van der Waals surface area contributed by atoms with Gasteiger partial charge in [0.25, 0.3) is 5.91 Å². The first kappa shape index (κ1) is 22.0. The van der Waals surface area contributed by atoms with Gasteiger partial charge in [-0.15, -0.1) is 0 Å². The van der Waals surface area contributed by atoms with Crippen LogP contribution in [0.25, 0.3) is 16.7 Å². The molecule has 2 aromatic carbocycles. The number of benzene rings is 2. The predicted octanol–water partition coefficient (Wildman–Crippen LogP) is 3.95. The molecule has 0 aliphatic heterocycles. The second-order valence-electron chi connectivity index (χ2n) is 7.65. The molecule has 0 spiro atoms. The van der Waals surface area contributed by atoms with E-state index in [-0.39, 0.29) is 11.9 Å². The van der Waals surface area contributed by atoms with Crippen molar-refractivity contribution in [2.75, 3.05) is 12.4 Å². The molecule has 8 nitrogen and oxygen atoms in total. The average molecular weight is 445 g/mol. The molecule has 168 valence electrons. The van der Waals surface area contributed by atoms with E-state index < -0.39 is 5.63 Å². The van der Waals surface area contributed by atoms with Crippen LogP contribution >= 0.6 is 0 Å². The number of hydrogen-bond donors (Lipinski definition) is 1. The van der Waals surface area contributed by atoms with Gasteiger partial charge in [0.15, 0.2) is 0 Å². The lowest BCUT2D eigenvalue weighted by atomic mass is 10.1.